The highest BCUT2D eigenvalue weighted by atomic mass is 31.2. The average Bonchev–Trinajstić information content (AvgIpc) is 3.60. The minimum atomic E-state index is -4.40. The Bertz CT molecular complexity index is 1900. The van der Waals surface area contributed by atoms with Gasteiger partial charge >= 0.3 is 19.8 Å². The van der Waals surface area contributed by atoms with Crippen molar-refractivity contribution in [2.24, 2.45) is 5.73 Å². The summed E-state index contributed by atoms with van der Waals surface area (Å²) in [5, 5.41) is 0. The molecule has 9 nitrogen and oxygen atoms in total. The smallest absolute Gasteiger partial charge is 0.462 e. The van der Waals surface area contributed by atoms with E-state index in [1.807, 2.05) is 0 Å². The summed E-state index contributed by atoms with van der Waals surface area (Å²) in [6.45, 7) is 3.57. The fourth-order valence-electron chi connectivity index (χ4n) is 11.4. The Balaban J connectivity index is 3.78. The monoisotopic (exact) mass is 1320 g/mol. The van der Waals surface area contributed by atoms with Gasteiger partial charge in [0.15, 0.2) is 6.10 Å². The van der Waals surface area contributed by atoms with E-state index in [4.69, 9.17) is 24.3 Å². The van der Waals surface area contributed by atoms with Crippen LogP contribution in [0.4, 0.5) is 0 Å². The highest BCUT2D eigenvalue weighted by Crippen LogP contribution is 2.43. The first-order chi connectivity index (χ1) is 45.8. The second-order valence-corrected chi connectivity index (χ2v) is 27.6. The second kappa shape index (κ2) is 77.7. The summed E-state index contributed by atoms with van der Waals surface area (Å²) in [5.41, 5.74) is 5.42. The Labute approximate surface area is 575 Å². The van der Waals surface area contributed by atoms with Crippen molar-refractivity contribution < 1.29 is 37.6 Å². The quantitative estimate of drug-likeness (QED) is 0.0264. The molecule has 2 atom stereocenters. The first-order valence-corrected chi connectivity index (χ1v) is 40.9. The molecule has 0 fully saturated rings. The molecule has 93 heavy (non-hydrogen) atoms. The second-order valence-electron chi connectivity index (χ2n) is 26.2. The van der Waals surface area contributed by atoms with Gasteiger partial charge < -0.3 is 20.1 Å². The van der Waals surface area contributed by atoms with Gasteiger partial charge in [0.05, 0.1) is 13.2 Å². The van der Waals surface area contributed by atoms with E-state index in [0.29, 0.717) is 6.42 Å². The maximum Gasteiger partial charge on any atom is 0.472 e. The molecule has 0 aliphatic rings. The van der Waals surface area contributed by atoms with Crippen LogP contribution in [0.15, 0.2) is 109 Å². The van der Waals surface area contributed by atoms with E-state index >= 15 is 0 Å². The number of hydrogen-bond acceptors (Lipinski definition) is 8. The molecule has 0 radical (unpaired) electrons. The van der Waals surface area contributed by atoms with Gasteiger partial charge in [-0.05, 0) is 96.3 Å². The SMILES string of the molecule is CC/C=C\C/C=C\C/C=C\C/C=C\C/C=C\CCCCCCCCCCCCCCCCCCCCCCCCCC(=O)OC(COC(=O)CCCCCCCCCCCCCCCCCCCCCC/C=C\C/C=C\C/C=C\C/C=C\CC)COP(=O)(O)OCCN. The zero-order valence-electron chi connectivity index (χ0n) is 60.7. The number of ether oxygens (including phenoxy) is 2. The summed E-state index contributed by atoms with van der Waals surface area (Å²) in [6, 6.07) is 0. The molecule has 0 aliphatic heterocycles. The fourth-order valence-corrected chi connectivity index (χ4v) is 12.2. The van der Waals surface area contributed by atoms with Crippen LogP contribution in [0.2, 0.25) is 0 Å². The van der Waals surface area contributed by atoms with Gasteiger partial charge in [-0.15, -0.1) is 0 Å². The molecule has 0 rings (SSSR count). The molecule has 0 saturated heterocycles. The highest BCUT2D eigenvalue weighted by Gasteiger charge is 2.26. The minimum absolute atomic E-state index is 0.0532. The van der Waals surface area contributed by atoms with Gasteiger partial charge in [0, 0.05) is 19.4 Å². The highest BCUT2D eigenvalue weighted by molar-refractivity contribution is 7.47. The number of phosphoric acid groups is 1. The summed E-state index contributed by atoms with van der Waals surface area (Å²) in [7, 11) is -4.40. The van der Waals surface area contributed by atoms with E-state index in [-0.39, 0.29) is 38.6 Å². The molecule has 0 heterocycles. The molecule has 0 bridgehead atoms. The topological polar surface area (TPSA) is 134 Å². The molecule has 10 heteroatoms. The Morgan fingerprint density at radius 3 is 0.828 bits per heavy atom. The Morgan fingerprint density at radius 2 is 0.559 bits per heavy atom. The van der Waals surface area contributed by atoms with Crippen LogP contribution in [0.25, 0.3) is 0 Å². The molecule has 538 valence electrons. The maximum absolute atomic E-state index is 12.8. The van der Waals surface area contributed by atoms with Gasteiger partial charge in [0.2, 0.25) is 0 Å². The van der Waals surface area contributed by atoms with Gasteiger partial charge in [-0.2, -0.15) is 0 Å². The van der Waals surface area contributed by atoms with E-state index in [9.17, 15) is 19.0 Å². The molecule has 2 unspecified atom stereocenters. The van der Waals surface area contributed by atoms with Crippen molar-refractivity contribution in [2.45, 2.75) is 380 Å². The third kappa shape index (κ3) is 77.6. The van der Waals surface area contributed by atoms with Crippen LogP contribution in [0, 0.1) is 0 Å². The summed E-state index contributed by atoms with van der Waals surface area (Å²) in [6.07, 6.45) is 108. The van der Waals surface area contributed by atoms with Crippen molar-refractivity contribution in [3.8, 4) is 0 Å². The first-order valence-electron chi connectivity index (χ1n) is 39.4. The zero-order chi connectivity index (χ0) is 67.2. The standard InChI is InChI=1S/C83H148NO8P/c1-3-5-7-9-11-13-15-17-19-21-23-25-27-29-31-33-35-37-38-39-40-41-42-44-46-48-50-52-54-56-58-60-62-64-66-68-70-72-74-76-83(86)92-81(80-91-93(87,88)90-78-77-84)79-89-82(85)75-73-71-69-67-65-63-61-59-57-55-53-51-49-47-45-43-36-34-32-30-28-26-24-22-20-18-16-14-12-10-8-6-4-2/h5-8,11-14,17-20,23-26,29,31,81H,3-4,9-10,15-16,21-22,27-28,30,32-80,84H2,1-2H3,(H,87,88)/b7-5-,8-6-,13-11-,14-12-,19-17-,20-18-,25-23-,26-24-,31-29-. The van der Waals surface area contributed by atoms with Crippen LogP contribution in [0.5, 0.6) is 0 Å². The van der Waals surface area contributed by atoms with Crippen molar-refractivity contribution in [2.75, 3.05) is 26.4 Å². The lowest BCUT2D eigenvalue weighted by molar-refractivity contribution is -0.161. The number of unbranched alkanes of at least 4 members (excludes halogenated alkanes) is 43. The zero-order valence-corrected chi connectivity index (χ0v) is 61.6. The lowest BCUT2D eigenvalue weighted by atomic mass is 10.0. The third-order valence-electron chi connectivity index (χ3n) is 17.2. The summed E-state index contributed by atoms with van der Waals surface area (Å²) in [5.74, 6) is -0.810. The van der Waals surface area contributed by atoms with Crippen molar-refractivity contribution in [3.63, 3.8) is 0 Å². The normalized spacial score (nSPS) is 13.5. The van der Waals surface area contributed by atoms with Crippen LogP contribution >= 0.6 is 7.82 Å². The molecule has 0 spiro atoms. The first kappa shape index (κ1) is 89.7. The third-order valence-corrected chi connectivity index (χ3v) is 18.1. The predicted octanol–water partition coefficient (Wildman–Crippen LogP) is 26.4. The molecular weight excluding hydrogens is 1170 g/mol. The lowest BCUT2D eigenvalue weighted by Gasteiger charge is -2.19. The lowest BCUT2D eigenvalue weighted by Crippen LogP contribution is -2.29. The number of allylic oxidation sites excluding steroid dienone is 18. The molecule has 0 saturated carbocycles. The predicted molar refractivity (Wildman–Crippen MR) is 404 cm³/mol. The number of nitrogens with two attached hydrogens (primary N) is 1. The summed E-state index contributed by atoms with van der Waals surface area (Å²) < 4.78 is 33.3. The van der Waals surface area contributed by atoms with Crippen molar-refractivity contribution >= 4 is 19.8 Å². The van der Waals surface area contributed by atoms with E-state index < -0.39 is 26.5 Å². The van der Waals surface area contributed by atoms with E-state index in [2.05, 4.69) is 123 Å². The Kier molecular flexibility index (Phi) is 74.9. The number of rotatable bonds is 74. The van der Waals surface area contributed by atoms with Crippen LogP contribution in [-0.2, 0) is 32.7 Å². The molecule has 0 aromatic carbocycles. The number of hydrogen-bond donors (Lipinski definition) is 2. The van der Waals surface area contributed by atoms with Gasteiger partial charge in [-0.1, -0.05) is 374 Å². The Morgan fingerprint density at radius 1 is 0.323 bits per heavy atom. The van der Waals surface area contributed by atoms with Crippen LogP contribution < -0.4 is 5.73 Å². The number of esters is 2. The van der Waals surface area contributed by atoms with Gasteiger partial charge in [0.1, 0.15) is 6.61 Å². The van der Waals surface area contributed by atoms with Crippen LogP contribution in [0.1, 0.15) is 373 Å². The molecule has 0 aromatic rings. The molecule has 3 N–H and O–H groups in total. The van der Waals surface area contributed by atoms with Crippen molar-refractivity contribution in [1.29, 1.82) is 0 Å². The minimum Gasteiger partial charge on any atom is -0.462 e. The number of carbonyl (C=O) groups excluding carboxylic acids is 2. The summed E-state index contributed by atoms with van der Waals surface area (Å²) >= 11 is 0. The number of phosphoric ester groups is 1. The molecule has 0 amide bonds. The van der Waals surface area contributed by atoms with Crippen LogP contribution in [-0.4, -0.2) is 49.3 Å². The average molecular weight is 1320 g/mol. The Hall–Kier alpha value is -3.33. The van der Waals surface area contributed by atoms with Gasteiger partial charge in [0.25, 0.3) is 0 Å². The molecule has 0 aliphatic carbocycles. The summed E-state index contributed by atoms with van der Waals surface area (Å²) in [4.78, 5) is 35.5. The van der Waals surface area contributed by atoms with Crippen molar-refractivity contribution in [3.05, 3.63) is 109 Å². The molecule has 0 aromatic heterocycles. The van der Waals surface area contributed by atoms with E-state index in [1.165, 1.54) is 250 Å². The fraction of sp³-hybridized carbons (Fsp3) is 0.759. The van der Waals surface area contributed by atoms with E-state index in [0.717, 1.165) is 89.9 Å². The maximum atomic E-state index is 12.8. The van der Waals surface area contributed by atoms with E-state index in [1.54, 1.807) is 0 Å². The van der Waals surface area contributed by atoms with Crippen LogP contribution in [0.3, 0.4) is 0 Å². The molecular formula is C83H148NO8P. The number of carbonyl (C=O) groups is 2. The van der Waals surface area contributed by atoms with Gasteiger partial charge in [-0.25, -0.2) is 4.57 Å². The largest absolute Gasteiger partial charge is 0.472 e. The van der Waals surface area contributed by atoms with Gasteiger partial charge in [-0.3, -0.25) is 18.6 Å². The van der Waals surface area contributed by atoms with Crippen molar-refractivity contribution in [1.82, 2.24) is 0 Å².